The van der Waals surface area contributed by atoms with E-state index in [-0.39, 0.29) is 20.1 Å². The highest BCUT2D eigenvalue weighted by Gasteiger charge is 2.38. The van der Waals surface area contributed by atoms with Crippen molar-refractivity contribution < 1.29 is 14.2 Å². The van der Waals surface area contributed by atoms with Crippen LogP contribution < -0.4 is 63.4 Å². The zero-order valence-electron chi connectivity index (χ0n) is 47.0. The first-order valence-electron chi connectivity index (χ1n) is 30.0. The van der Waals surface area contributed by atoms with E-state index < -0.39 is 0 Å². The quantitative estimate of drug-likeness (QED) is 0.156. The third-order valence-electron chi connectivity index (χ3n) is 18.8. The van der Waals surface area contributed by atoms with E-state index >= 15 is 0 Å². The molecule has 16 aromatic rings. The molecule has 19 rings (SSSR count). The van der Waals surface area contributed by atoms with Crippen LogP contribution in [0, 0.1) is 0 Å². The van der Waals surface area contributed by atoms with Crippen LogP contribution in [-0.4, -0.2) is 33.8 Å². The summed E-state index contributed by atoms with van der Waals surface area (Å²) >= 11 is 0. The topological polar surface area (TPSA) is 42.5 Å². The molecule has 87 heavy (non-hydrogen) atoms. The van der Waals surface area contributed by atoms with Gasteiger partial charge in [-0.1, -0.05) is 217 Å². The fourth-order valence-electron chi connectivity index (χ4n) is 15.2. The standard InChI is InChI=1S/C78H48B3N3O3/c1-4-22-52(23-5-1)82-64-43-40-49(79-58-28-10-16-34-67(58)85-68-35-17-11-29-59(68)79)46-55(64)73-76(82)74-56-47-50(80-60-30-12-18-36-69(60)86-70-37-19-13-31-61(70)80)41-44-65(56)83(53-24-6-2-7-25-53)78(74)75-57-48-51(42-45-66(57)84(77(73)75)54-26-8-3-9-27-54)81-62-32-14-20-38-71(62)87-72-39-21-15-33-63(72)81/h1-48H. The van der Waals surface area contributed by atoms with E-state index in [1.54, 1.807) is 0 Å². The SMILES string of the molecule is c1ccc(-n2c3ccc(B4c5ccccc5Oc5ccccc54)cc3c3c2c2c4cc(B5c6ccccc6Oc6ccccc65)ccc4n(-c4ccccc4)c2c2c4cc(B5c6ccccc6Oc6ccccc65)ccc4n(-c4ccccc4)c32)cc1. The molecule has 9 heteroatoms. The van der Waals surface area contributed by atoms with E-state index in [0.29, 0.717) is 0 Å². The number of para-hydroxylation sites is 9. The third kappa shape index (κ3) is 7.02. The number of hydrogen-bond acceptors (Lipinski definition) is 3. The highest BCUT2D eigenvalue weighted by Crippen LogP contribution is 2.50. The minimum atomic E-state index is -0.0922. The van der Waals surface area contributed by atoms with Gasteiger partial charge >= 0.3 is 0 Å². The lowest BCUT2D eigenvalue weighted by Crippen LogP contribution is -2.54. The number of hydrogen-bond donors (Lipinski definition) is 0. The first kappa shape index (κ1) is 48.3. The van der Waals surface area contributed by atoms with Crippen LogP contribution in [0.1, 0.15) is 0 Å². The monoisotopic (exact) mass is 1110 g/mol. The van der Waals surface area contributed by atoms with Gasteiger partial charge in [-0.15, -0.1) is 0 Å². The summed E-state index contributed by atoms with van der Waals surface area (Å²) in [5.74, 6) is 5.28. The summed E-state index contributed by atoms with van der Waals surface area (Å²) in [4.78, 5) is 0. The zero-order chi connectivity index (χ0) is 56.8. The molecular formula is C78H48B3N3O3. The molecule has 13 aromatic carbocycles. The average molecular weight is 1110 g/mol. The molecule has 3 aromatic heterocycles. The van der Waals surface area contributed by atoms with Gasteiger partial charge in [0.15, 0.2) is 0 Å². The number of rotatable bonds is 6. The maximum Gasteiger partial charge on any atom is 0.250 e. The Hall–Kier alpha value is -11.1. The van der Waals surface area contributed by atoms with E-state index in [4.69, 9.17) is 14.2 Å². The van der Waals surface area contributed by atoms with Crippen molar-refractivity contribution in [3.63, 3.8) is 0 Å². The van der Waals surface area contributed by atoms with Gasteiger partial charge < -0.3 is 27.9 Å². The van der Waals surface area contributed by atoms with Crippen molar-refractivity contribution in [3.05, 3.63) is 291 Å². The molecule has 0 saturated heterocycles. The first-order valence-corrected chi connectivity index (χ1v) is 30.0. The molecule has 3 aliphatic rings. The molecule has 0 fully saturated rings. The summed E-state index contributed by atoms with van der Waals surface area (Å²) < 4.78 is 27.8. The highest BCUT2D eigenvalue weighted by molar-refractivity contribution is 6.98. The Morgan fingerprint density at radius 1 is 0.218 bits per heavy atom. The third-order valence-corrected chi connectivity index (χ3v) is 18.8. The van der Waals surface area contributed by atoms with Crippen LogP contribution in [0.5, 0.6) is 34.5 Å². The van der Waals surface area contributed by atoms with E-state index in [2.05, 4.69) is 305 Å². The molecule has 0 saturated carbocycles. The first-order chi connectivity index (χ1) is 43.2. The molecule has 0 N–H and O–H groups in total. The predicted octanol–water partition coefficient (Wildman–Crippen LogP) is 12.8. The van der Waals surface area contributed by atoms with Crippen molar-refractivity contribution in [2.75, 3.05) is 0 Å². The smallest absolute Gasteiger partial charge is 0.250 e. The molecule has 6 heterocycles. The summed E-state index contributed by atoms with van der Waals surface area (Å²) in [7, 11) is 0. The molecule has 0 amide bonds. The summed E-state index contributed by atoms with van der Waals surface area (Å²) in [5, 5.41) is 7.02. The summed E-state index contributed by atoms with van der Waals surface area (Å²) in [6.07, 6.45) is 0. The van der Waals surface area contributed by atoms with Crippen LogP contribution >= 0.6 is 0 Å². The molecule has 402 valence electrons. The molecule has 0 radical (unpaired) electrons. The number of nitrogens with zero attached hydrogens (tertiary/aromatic N) is 3. The fraction of sp³-hybridized carbons (Fsp3) is 0. The maximum absolute atomic E-state index is 6.69. The lowest BCUT2D eigenvalue weighted by atomic mass is 9.36. The van der Waals surface area contributed by atoms with Crippen LogP contribution in [0.2, 0.25) is 0 Å². The van der Waals surface area contributed by atoms with Crippen LogP contribution in [0.25, 0.3) is 82.5 Å². The molecule has 0 bridgehead atoms. The van der Waals surface area contributed by atoms with Crippen molar-refractivity contribution in [1.82, 2.24) is 13.7 Å². The van der Waals surface area contributed by atoms with Crippen LogP contribution in [-0.2, 0) is 0 Å². The maximum atomic E-state index is 6.69. The summed E-state index contributed by atoms with van der Waals surface area (Å²) in [6, 6.07) is 106. The van der Waals surface area contributed by atoms with Gasteiger partial charge in [0.1, 0.15) is 34.5 Å². The van der Waals surface area contributed by atoms with E-state index in [1.165, 1.54) is 32.5 Å². The van der Waals surface area contributed by atoms with Gasteiger partial charge in [-0.25, -0.2) is 0 Å². The molecule has 0 aliphatic carbocycles. The van der Waals surface area contributed by atoms with Gasteiger partial charge in [0, 0.05) is 49.4 Å². The minimum absolute atomic E-state index is 0.0922. The highest BCUT2D eigenvalue weighted by atomic mass is 16.5. The molecule has 0 unspecified atom stereocenters. The summed E-state index contributed by atoms with van der Waals surface area (Å²) in [6.45, 7) is -0.277. The van der Waals surface area contributed by atoms with Crippen molar-refractivity contribution in [3.8, 4) is 51.6 Å². The number of aromatic nitrogens is 3. The average Bonchev–Trinajstić information content (AvgIpc) is 1.52. The Labute approximate surface area is 502 Å². The van der Waals surface area contributed by atoms with Crippen molar-refractivity contribution in [2.45, 2.75) is 0 Å². The van der Waals surface area contributed by atoms with Crippen LogP contribution in [0.15, 0.2) is 291 Å². The number of fused-ring (bicyclic) bond motifs is 18. The number of ether oxygens (including phenoxy) is 3. The second-order valence-corrected chi connectivity index (χ2v) is 23.3. The molecule has 6 nitrogen and oxygen atoms in total. The summed E-state index contributed by atoms with van der Waals surface area (Å²) in [5.41, 5.74) is 20.5. The Kier molecular flexibility index (Phi) is 10.4. The predicted molar refractivity (Wildman–Crippen MR) is 362 cm³/mol. The Morgan fingerprint density at radius 3 is 0.678 bits per heavy atom. The second-order valence-electron chi connectivity index (χ2n) is 23.3. The molecule has 0 spiro atoms. The Bertz CT molecular complexity index is 4830. The molecule has 0 atom stereocenters. The van der Waals surface area contributed by atoms with E-state index in [0.717, 1.165) is 134 Å². The Morgan fingerprint density at radius 2 is 0.437 bits per heavy atom. The van der Waals surface area contributed by atoms with Gasteiger partial charge in [-0.05, 0) is 124 Å². The van der Waals surface area contributed by atoms with Crippen molar-refractivity contribution in [2.24, 2.45) is 0 Å². The lowest BCUT2D eigenvalue weighted by Gasteiger charge is -2.26. The van der Waals surface area contributed by atoms with E-state index in [9.17, 15) is 0 Å². The normalized spacial score (nSPS) is 13.0. The molecular weight excluding hydrogens is 1060 g/mol. The van der Waals surface area contributed by atoms with Gasteiger partial charge in [-0.2, -0.15) is 0 Å². The van der Waals surface area contributed by atoms with Crippen molar-refractivity contribution in [1.29, 1.82) is 0 Å². The molecule has 3 aliphatic heterocycles. The largest absolute Gasteiger partial charge is 0.458 e. The van der Waals surface area contributed by atoms with Gasteiger partial charge in [0.2, 0.25) is 0 Å². The Balaban J connectivity index is 1.04. The van der Waals surface area contributed by atoms with E-state index in [1.807, 2.05) is 0 Å². The van der Waals surface area contributed by atoms with Crippen LogP contribution in [0.3, 0.4) is 0 Å². The van der Waals surface area contributed by atoms with Gasteiger partial charge in [-0.3, -0.25) is 0 Å². The second kappa shape index (κ2) is 18.7. The lowest BCUT2D eigenvalue weighted by molar-refractivity contribution is 0.487. The zero-order valence-corrected chi connectivity index (χ0v) is 47.0. The fourth-order valence-corrected chi connectivity index (χ4v) is 15.2. The van der Waals surface area contributed by atoms with Gasteiger partial charge in [0.05, 0.1) is 33.1 Å². The van der Waals surface area contributed by atoms with Gasteiger partial charge in [0.25, 0.3) is 20.1 Å². The van der Waals surface area contributed by atoms with Crippen molar-refractivity contribution >= 4 is 135 Å². The van der Waals surface area contributed by atoms with Crippen LogP contribution in [0.4, 0.5) is 0 Å². The minimum Gasteiger partial charge on any atom is -0.458 e. The number of benzene rings is 13.